The maximum absolute atomic E-state index is 2.62. The fourth-order valence-corrected chi connectivity index (χ4v) is 15.0. The summed E-state index contributed by atoms with van der Waals surface area (Å²) in [5.41, 5.74) is 38.5. The molecule has 0 N–H and O–H groups in total. The van der Waals surface area contributed by atoms with Crippen molar-refractivity contribution in [1.29, 1.82) is 0 Å². The highest BCUT2D eigenvalue weighted by Crippen LogP contribution is 2.45. The van der Waals surface area contributed by atoms with Gasteiger partial charge >= 0.3 is 0 Å². The lowest BCUT2D eigenvalue weighted by molar-refractivity contribution is 0.646. The standard InChI is InChI=1S/C94H104N2/c1-15-17-19-21-23-81-61-92(90-52-50-88(60-68(90)10)96(84-43-35-78(36-44-84)76-31-27-66(8)28-32-76)86-47-39-80(40-48-86)94-71(13)57-74(54-64(5)6)58-72(94)14)82(24-22-20-18-16-2)62-91(81)89-51-49-87(59-67(89)9)95(83-41-33-77(34-42-83)75-29-25-65(7)26-30-75)85-45-37-79(38-46-85)93-69(11)55-73(53-63(3)4)56-70(93)12/h25-52,55-64H,15-24,53-54H2,1-14H3. The molecule has 0 spiro atoms. The van der Waals surface area contributed by atoms with Crippen LogP contribution >= 0.6 is 0 Å². The van der Waals surface area contributed by atoms with E-state index in [4.69, 9.17) is 0 Å². The van der Waals surface area contributed by atoms with Crippen LogP contribution in [0.3, 0.4) is 0 Å². The molecule has 11 aromatic rings. The van der Waals surface area contributed by atoms with Gasteiger partial charge in [0.1, 0.15) is 0 Å². The molecule has 2 heteroatoms. The number of rotatable bonds is 26. The van der Waals surface area contributed by atoms with Gasteiger partial charge in [-0.25, -0.2) is 0 Å². The highest BCUT2D eigenvalue weighted by Gasteiger charge is 2.22. The van der Waals surface area contributed by atoms with Crippen LogP contribution in [0.1, 0.15) is 160 Å². The molecule has 0 radical (unpaired) electrons. The number of anilines is 6. The minimum atomic E-state index is 0.618. The summed E-state index contributed by atoms with van der Waals surface area (Å²) in [5.74, 6) is 1.24. The summed E-state index contributed by atoms with van der Waals surface area (Å²) >= 11 is 0. The van der Waals surface area contributed by atoms with Crippen molar-refractivity contribution < 1.29 is 0 Å². The Balaban J connectivity index is 0.988. The van der Waals surface area contributed by atoms with Crippen LogP contribution in [-0.4, -0.2) is 0 Å². The second-order valence-corrected chi connectivity index (χ2v) is 28.8. The second-order valence-electron chi connectivity index (χ2n) is 28.8. The minimum Gasteiger partial charge on any atom is -0.310 e. The first kappa shape index (κ1) is 68.4. The van der Waals surface area contributed by atoms with Crippen LogP contribution in [0.4, 0.5) is 34.1 Å². The average molecular weight is 1260 g/mol. The third-order valence-electron chi connectivity index (χ3n) is 19.8. The maximum atomic E-state index is 2.62. The Morgan fingerprint density at radius 3 is 0.823 bits per heavy atom. The zero-order valence-corrected chi connectivity index (χ0v) is 60.3. The molecule has 0 aliphatic heterocycles. The number of nitrogens with zero attached hydrogens (tertiary/aromatic N) is 2. The van der Waals surface area contributed by atoms with E-state index in [0.29, 0.717) is 11.8 Å². The van der Waals surface area contributed by atoms with Gasteiger partial charge in [-0.3, -0.25) is 0 Å². The van der Waals surface area contributed by atoms with Crippen molar-refractivity contribution in [3.05, 3.63) is 285 Å². The summed E-state index contributed by atoms with van der Waals surface area (Å²) < 4.78 is 0. The molecular formula is C94H104N2. The van der Waals surface area contributed by atoms with Crippen molar-refractivity contribution in [2.75, 3.05) is 9.80 Å². The zero-order valence-electron chi connectivity index (χ0n) is 60.3. The van der Waals surface area contributed by atoms with Crippen LogP contribution < -0.4 is 9.80 Å². The molecule has 0 heterocycles. The Morgan fingerprint density at radius 2 is 0.542 bits per heavy atom. The van der Waals surface area contributed by atoms with Crippen LogP contribution in [0.2, 0.25) is 0 Å². The lowest BCUT2D eigenvalue weighted by Crippen LogP contribution is -2.10. The van der Waals surface area contributed by atoms with E-state index in [1.54, 1.807) is 0 Å². The van der Waals surface area contributed by atoms with Gasteiger partial charge in [0.05, 0.1) is 0 Å². The summed E-state index contributed by atoms with van der Waals surface area (Å²) in [4.78, 5) is 4.91. The molecule has 0 aliphatic carbocycles. The molecule has 0 unspecified atom stereocenters. The summed E-state index contributed by atoms with van der Waals surface area (Å²) in [6.45, 7) is 32.0. The van der Waals surface area contributed by atoms with Gasteiger partial charge in [-0.1, -0.05) is 237 Å². The topological polar surface area (TPSA) is 6.48 Å². The van der Waals surface area contributed by atoms with Crippen molar-refractivity contribution in [3.63, 3.8) is 0 Å². The van der Waals surface area contributed by atoms with Gasteiger partial charge in [0.2, 0.25) is 0 Å². The van der Waals surface area contributed by atoms with E-state index >= 15 is 0 Å². The lowest BCUT2D eigenvalue weighted by Gasteiger charge is -2.28. The van der Waals surface area contributed by atoms with Crippen LogP contribution in [-0.2, 0) is 25.7 Å². The fraction of sp³-hybridized carbons (Fsp3) is 0.298. The largest absolute Gasteiger partial charge is 0.310 e. The van der Waals surface area contributed by atoms with Crippen molar-refractivity contribution in [2.24, 2.45) is 11.8 Å². The first-order valence-electron chi connectivity index (χ1n) is 36.2. The van der Waals surface area contributed by atoms with E-state index in [1.807, 2.05) is 0 Å². The molecular weight excluding hydrogens is 1160 g/mol. The molecule has 96 heavy (non-hydrogen) atoms. The Labute approximate surface area is 578 Å². The van der Waals surface area contributed by atoms with Gasteiger partial charge < -0.3 is 9.80 Å². The third kappa shape index (κ3) is 16.1. The van der Waals surface area contributed by atoms with Crippen molar-refractivity contribution in [1.82, 2.24) is 0 Å². The molecule has 11 rings (SSSR count). The van der Waals surface area contributed by atoms with E-state index in [0.717, 1.165) is 72.6 Å². The summed E-state index contributed by atoms with van der Waals surface area (Å²) in [5, 5.41) is 0. The van der Waals surface area contributed by atoms with E-state index < -0.39 is 0 Å². The van der Waals surface area contributed by atoms with E-state index in [-0.39, 0.29) is 0 Å². The molecule has 0 aromatic heterocycles. The first-order chi connectivity index (χ1) is 46.4. The molecule has 0 saturated carbocycles. The van der Waals surface area contributed by atoms with E-state index in [1.165, 1.54) is 172 Å². The molecule has 0 aliphatic rings. The Bertz CT molecular complexity index is 4070. The Morgan fingerprint density at radius 1 is 0.260 bits per heavy atom. The Hall–Kier alpha value is -8.98. The molecule has 0 amide bonds. The lowest BCUT2D eigenvalue weighted by atomic mass is 9.84. The van der Waals surface area contributed by atoms with Crippen LogP contribution in [0.5, 0.6) is 0 Å². The third-order valence-corrected chi connectivity index (χ3v) is 19.8. The monoisotopic (exact) mass is 1260 g/mol. The maximum Gasteiger partial charge on any atom is 0.0464 e. The van der Waals surface area contributed by atoms with Gasteiger partial charge in [0.25, 0.3) is 0 Å². The normalized spacial score (nSPS) is 11.5. The minimum absolute atomic E-state index is 0.618. The van der Waals surface area contributed by atoms with E-state index in [9.17, 15) is 0 Å². The molecule has 0 bridgehead atoms. The van der Waals surface area contributed by atoms with Gasteiger partial charge in [-0.05, 0) is 301 Å². The zero-order chi connectivity index (χ0) is 67.6. The predicted molar refractivity (Wildman–Crippen MR) is 419 cm³/mol. The van der Waals surface area contributed by atoms with Crippen molar-refractivity contribution in [2.45, 2.75) is 174 Å². The summed E-state index contributed by atoms with van der Waals surface area (Å²) in [7, 11) is 0. The predicted octanol–water partition coefficient (Wildman–Crippen LogP) is 27.7. The number of unbranched alkanes of at least 4 members (excludes halogenated alkanes) is 6. The van der Waals surface area contributed by atoms with Gasteiger partial charge in [-0.15, -0.1) is 0 Å². The first-order valence-corrected chi connectivity index (χ1v) is 36.2. The molecule has 0 fully saturated rings. The Kier molecular flexibility index (Phi) is 22.3. The highest BCUT2D eigenvalue weighted by atomic mass is 15.1. The summed E-state index contributed by atoms with van der Waals surface area (Å²) in [6, 6.07) is 84.1. The summed E-state index contributed by atoms with van der Waals surface area (Å²) in [6.07, 6.45) is 13.9. The molecule has 2 nitrogen and oxygen atoms in total. The van der Waals surface area contributed by atoms with Crippen molar-refractivity contribution in [3.8, 4) is 66.8 Å². The molecule has 11 aromatic carbocycles. The van der Waals surface area contributed by atoms with Gasteiger partial charge in [-0.2, -0.15) is 0 Å². The average Bonchev–Trinajstić information content (AvgIpc) is 0.780. The number of aryl methyl sites for hydroxylation is 10. The fourth-order valence-electron chi connectivity index (χ4n) is 15.0. The number of hydrogen-bond donors (Lipinski definition) is 0. The van der Waals surface area contributed by atoms with Crippen LogP contribution in [0, 0.1) is 67.2 Å². The van der Waals surface area contributed by atoms with Crippen molar-refractivity contribution >= 4 is 34.1 Å². The molecule has 0 atom stereocenters. The second kappa shape index (κ2) is 31.3. The van der Waals surface area contributed by atoms with Gasteiger partial charge in [0.15, 0.2) is 0 Å². The van der Waals surface area contributed by atoms with Gasteiger partial charge in [0, 0.05) is 34.1 Å². The highest BCUT2D eigenvalue weighted by molar-refractivity contribution is 5.87. The quantitative estimate of drug-likeness (QED) is 0.0499. The molecule has 0 saturated heterocycles. The van der Waals surface area contributed by atoms with Crippen LogP contribution in [0.25, 0.3) is 66.8 Å². The molecule has 490 valence electrons. The number of benzene rings is 11. The SMILES string of the molecule is CCCCCCc1cc(-c2ccc(N(c3ccc(-c4ccc(C)cc4)cc3)c3ccc(-c4c(C)cc(CC(C)C)cc4C)cc3)cc2C)c(CCCCCC)cc1-c1ccc(N(c2ccc(-c3ccc(C)cc3)cc2)c2ccc(-c3c(C)cc(CC(C)C)cc3C)cc2)cc1C. The van der Waals surface area contributed by atoms with E-state index in [2.05, 4.69) is 325 Å². The smallest absolute Gasteiger partial charge is 0.0464 e. The van der Waals surface area contributed by atoms with Crippen LogP contribution in [0.15, 0.2) is 218 Å². The number of hydrogen-bond acceptors (Lipinski definition) is 2.